The third-order valence-corrected chi connectivity index (χ3v) is 4.41. The molecule has 4 N–H and O–H groups in total. The molecular formula is C22H22N4O5. The minimum atomic E-state index is -1.14. The molecule has 3 rings (SSSR count). The molecule has 0 aromatic heterocycles. The van der Waals surface area contributed by atoms with Crippen LogP contribution in [0, 0.1) is 0 Å². The molecule has 0 unspecified atom stereocenters. The molecule has 0 radical (unpaired) electrons. The lowest BCUT2D eigenvalue weighted by atomic mass is 10.1. The van der Waals surface area contributed by atoms with Gasteiger partial charge in [-0.1, -0.05) is 12.1 Å². The number of aliphatic carboxylic acids is 1. The average molecular weight is 422 g/mol. The molecule has 2 aromatic rings. The minimum absolute atomic E-state index is 0.134. The van der Waals surface area contributed by atoms with E-state index in [1.165, 1.54) is 25.3 Å². The quantitative estimate of drug-likeness (QED) is 0.416. The number of anilines is 2. The van der Waals surface area contributed by atoms with Crippen LogP contribution in [0.2, 0.25) is 0 Å². The number of carboxylic acids is 1. The highest BCUT2D eigenvalue weighted by Crippen LogP contribution is 2.20. The summed E-state index contributed by atoms with van der Waals surface area (Å²) < 4.78 is 4.76. The molecule has 0 atom stereocenters. The molecule has 1 aliphatic rings. The van der Waals surface area contributed by atoms with Crippen molar-refractivity contribution in [2.24, 2.45) is 4.99 Å². The zero-order valence-electron chi connectivity index (χ0n) is 16.8. The first-order chi connectivity index (χ1) is 15.0. The van der Waals surface area contributed by atoms with Gasteiger partial charge < -0.3 is 25.8 Å². The summed E-state index contributed by atoms with van der Waals surface area (Å²) in [6.07, 6.45) is 3.19. The van der Waals surface area contributed by atoms with Gasteiger partial charge in [-0.3, -0.25) is 9.79 Å². The summed E-state index contributed by atoms with van der Waals surface area (Å²) in [7, 11) is 1.22. The third-order valence-electron chi connectivity index (χ3n) is 4.41. The van der Waals surface area contributed by atoms with Crippen molar-refractivity contribution in [3.63, 3.8) is 0 Å². The number of nitrogens with one attached hydrogen (secondary N) is 3. The Balaban J connectivity index is 1.78. The molecule has 1 heterocycles. The second kappa shape index (κ2) is 10.1. The van der Waals surface area contributed by atoms with Crippen molar-refractivity contribution in [3.8, 4) is 0 Å². The maximum absolute atomic E-state index is 12.7. The SMILES string of the molecule is COC(=O)c1cc(NC(=O)c2cccc(NC3=NCCCN3)c2)ccc1/C=C/C(=O)O. The van der Waals surface area contributed by atoms with Crippen LogP contribution < -0.4 is 16.0 Å². The Bertz CT molecular complexity index is 1060. The maximum atomic E-state index is 12.7. The predicted octanol–water partition coefficient (Wildman–Crippen LogP) is 2.58. The molecule has 31 heavy (non-hydrogen) atoms. The molecule has 1 amide bonds. The fourth-order valence-corrected chi connectivity index (χ4v) is 2.92. The highest BCUT2D eigenvalue weighted by molar-refractivity contribution is 6.06. The summed E-state index contributed by atoms with van der Waals surface area (Å²) in [6, 6.07) is 11.5. The van der Waals surface area contributed by atoms with Gasteiger partial charge in [0.05, 0.1) is 12.7 Å². The number of aliphatic imine (C=N–C) groups is 1. The molecule has 9 nitrogen and oxygen atoms in total. The number of ether oxygens (including phenoxy) is 1. The van der Waals surface area contributed by atoms with Gasteiger partial charge in [0.1, 0.15) is 0 Å². The number of guanidine groups is 1. The van der Waals surface area contributed by atoms with Crippen molar-refractivity contribution in [1.29, 1.82) is 0 Å². The van der Waals surface area contributed by atoms with Gasteiger partial charge in [-0.2, -0.15) is 0 Å². The first-order valence-corrected chi connectivity index (χ1v) is 9.56. The molecule has 0 saturated carbocycles. The van der Waals surface area contributed by atoms with Gasteiger partial charge in [-0.05, 0) is 48.4 Å². The van der Waals surface area contributed by atoms with Crippen molar-refractivity contribution in [2.75, 3.05) is 30.8 Å². The maximum Gasteiger partial charge on any atom is 0.338 e. The molecule has 0 aliphatic carbocycles. The van der Waals surface area contributed by atoms with Crippen LogP contribution in [0.1, 0.15) is 32.7 Å². The van der Waals surface area contributed by atoms with Gasteiger partial charge in [-0.15, -0.1) is 0 Å². The summed E-state index contributed by atoms with van der Waals surface area (Å²) in [5.74, 6) is -1.49. The van der Waals surface area contributed by atoms with Gasteiger partial charge in [0, 0.05) is 36.1 Å². The molecule has 0 bridgehead atoms. The van der Waals surface area contributed by atoms with E-state index in [4.69, 9.17) is 9.84 Å². The Morgan fingerprint density at radius 3 is 2.71 bits per heavy atom. The lowest BCUT2D eigenvalue weighted by Gasteiger charge is -2.16. The number of hydrogen-bond acceptors (Lipinski definition) is 7. The van der Waals surface area contributed by atoms with Crippen molar-refractivity contribution in [3.05, 3.63) is 65.2 Å². The minimum Gasteiger partial charge on any atom is -0.478 e. The number of carbonyl (C=O) groups excluding carboxylic acids is 2. The van der Waals surface area contributed by atoms with E-state index in [2.05, 4.69) is 20.9 Å². The van der Waals surface area contributed by atoms with Gasteiger partial charge in [0.15, 0.2) is 5.96 Å². The van der Waals surface area contributed by atoms with Gasteiger partial charge in [0.2, 0.25) is 0 Å². The van der Waals surface area contributed by atoms with Gasteiger partial charge in [-0.25, -0.2) is 9.59 Å². The van der Waals surface area contributed by atoms with Crippen LogP contribution >= 0.6 is 0 Å². The second-order valence-electron chi connectivity index (χ2n) is 6.64. The van der Waals surface area contributed by atoms with E-state index < -0.39 is 11.9 Å². The van der Waals surface area contributed by atoms with E-state index in [0.717, 1.165) is 25.6 Å². The Morgan fingerprint density at radius 2 is 2.00 bits per heavy atom. The Kier molecular flexibility index (Phi) is 7.00. The number of rotatable bonds is 6. The highest BCUT2D eigenvalue weighted by Gasteiger charge is 2.14. The van der Waals surface area contributed by atoms with E-state index in [-0.39, 0.29) is 11.5 Å². The molecule has 0 fully saturated rings. The Morgan fingerprint density at radius 1 is 1.16 bits per heavy atom. The van der Waals surface area contributed by atoms with E-state index in [1.54, 1.807) is 24.3 Å². The Hall–Kier alpha value is -4.14. The number of carbonyl (C=O) groups is 3. The van der Waals surface area contributed by atoms with E-state index in [1.807, 2.05) is 6.07 Å². The first-order valence-electron chi connectivity index (χ1n) is 9.56. The van der Waals surface area contributed by atoms with E-state index >= 15 is 0 Å². The van der Waals surface area contributed by atoms with Crippen molar-refractivity contribution in [2.45, 2.75) is 6.42 Å². The predicted molar refractivity (Wildman–Crippen MR) is 117 cm³/mol. The monoisotopic (exact) mass is 422 g/mol. The number of methoxy groups -OCH3 is 1. The molecular weight excluding hydrogens is 400 g/mol. The summed E-state index contributed by atoms with van der Waals surface area (Å²) in [4.78, 5) is 39.9. The lowest BCUT2D eigenvalue weighted by Crippen LogP contribution is -2.35. The van der Waals surface area contributed by atoms with Crippen LogP contribution in [0.25, 0.3) is 6.08 Å². The summed E-state index contributed by atoms with van der Waals surface area (Å²) in [5, 5.41) is 17.8. The topological polar surface area (TPSA) is 129 Å². The standard InChI is InChI=1S/C22H22N4O5/c1-31-21(30)18-13-17(8-6-14(18)7-9-19(27)28)25-20(29)15-4-2-5-16(12-15)26-22-23-10-3-11-24-22/h2,4-9,12-13H,3,10-11H2,1H3,(H,25,29)(H,27,28)(H2,23,24,26)/b9-7+. The number of benzene rings is 2. The summed E-state index contributed by atoms with van der Waals surface area (Å²) in [5.41, 5.74) is 1.99. The smallest absolute Gasteiger partial charge is 0.338 e. The Labute approximate surface area is 178 Å². The highest BCUT2D eigenvalue weighted by atomic mass is 16.5. The van der Waals surface area contributed by atoms with Crippen LogP contribution in [0.5, 0.6) is 0 Å². The molecule has 2 aromatic carbocycles. The zero-order valence-corrected chi connectivity index (χ0v) is 16.8. The van der Waals surface area contributed by atoms with Gasteiger partial charge >= 0.3 is 11.9 Å². The number of esters is 1. The van der Waals surface area contributed by atoms with Crippen LogP contribution in [-0.4, -0.2) is 49.1 Å². The number of nitrogens with zero attached hydrogens (tertiary/aromatic N) is 1. The van der Waals surface area contributed by atoms with Crippen LogP contribution in [0.4, 0.5) is 11.4 Å². The molecule has 160 valence electrons. The number of hydrogen-bond donors (Lipinski definition) is 4. The molecule has 9 heteroatoms. The first kappa shape index (κ1) is 21.6. The van der Waals surface area contributed by atoms with Crippen molar-refractivity contribution >= 4 is 41.3 Å². The van der Waals surface area contributed by atoms with Crippen LogP contribution in [0.15, 0.2) is 53.5 Å². The van der Waals surface area contributed by atoms with Crippen LogP contribution in [-0.2, 0) is 9.53 Å². The number of carboxylic acid groups (broad SMARTS) is 1. The normalized spacial score (nSPS) is 13.1. The molecule has 0 saturated heterocycles. The number of amides is 1. The van der Waals surface area contributed by atoms with E-state index in [9.17, 15) is 14.4 Å². The fraction of sp³-hybridized carbons (Fsp3) is 0.182. The lowest BCUT2D eigenvalue weighted by molar-refractivity contribution is -0.131. The van der Waals surface area contributed by atoms with Gasteiger partial charge in [0.25, 0.3) is 5.91 Å². The third kappa shape index (κ3) is 5.92. The summed E-state index contributed by atoms with van der Waals surface area (Å²) in [6.45, 7) is 1.59. The molecule has 0 spiro atoms. The summed E-state index contributed by atoms with van der Waals surface area (Å²) >= 11 is 0. The van der Waals surface area contributed by atoms with Crippen molar-refractivity contribution < 1.29 is 24.2 Å². The molecule has 1 aliphatic heterocycles. The second-order valence-corrected chi connectivity index (χ2v) is 6.64. The van der Waals surface area contributed by atoms with Crippen LogP contribution in [0.3, 0.4) is 0 Å². The average Bonchev–Trinajstić information content (AvgIpc) is 2.78. The zero-order chi connectivity index (χ0) is 22.2. The largest absolute Gasteiger partial charge is 0.478 e. The van der Waals surface area contributed by atoms with E-state index in [0.29, 0.717) is 28.5 Å². The fourth-order valence-electron chi connectivity index (χ4n) is 2.92. The van der Waals surface area contributed by atoms with Crippen molar-refractivity contribution in [1.82, 2.24) is 5.32 Å².